The van der Waals surface area contributed by atoms with Crippen molar-refractivity contribution in [1.29, 1.82) is 0 Å². The molecule has 0 bridgehead atoms. The number of rotatable bonds is 4. The third-order valence-corrected chi connectivity index (χ3v) is 3.01. The van der Waals surface area contributed by atoms with E-state index >= 15 is 0 Å². The molecule has 1 aliphatic heterocycles. The first-order chi connectivity index (χ1) is 8.07. The van der Waals surface area contributed by atoms with Crippen LogP contribution >= 0.6 is 15.9 Å². The number of amides is 1. The topological polar surface area (TPSA) is 51.5 Å². The Morgan fingerprint density at radius 2 is 2.35 bits per heavy atom. The van der Waals surface area contributed by atoms with Crippen molar-refractivity contribution in [3.05, 3.63) is 28.6 Å². The lowest BCUT2D eigenvalue weighted by Crippen LogP contribution is -2.48. The Kier molecular flexibility index (Phi) is 3.69. The normalized spacial score (nSPS) is 18.0. The standard InChI is InChI=1S/C12H14BrNO3/c1-12(7-16-8-12)6-14-11(15)5-3-9-2-4-10(13)17-9/h2-5H,6-8H2,1H3,(H,14,15). The first kappa shape index (κ1) is 12.4. The second kappa shape index (κ2) is 5.06. The van der Waals surface area contributed by atoms with E-state index in [2.05, 4.69) is 28.2 Å². The molecular formula is C12H14BrNO3. The zero-order valence-electron chi connectivity index (χ0n) is 9.53. The molecule has 0 atom stereocenters. The minimum absolute atomic E-state index is 0.0945. The highest BCUT2D eigenvalue weighted by Crippen LogP contribution is 2.25. The maximum atomic E-state index is 11.5. The Morgan fingerprint density at radius 3 is 2.88 bits per heavy atom. The number of carbonyl (C=O) groups excluding carboxylic acids is 1. The monoisotopic (exact) mass is 299 g/mol. The fourth-order valence-corrected chi connectivity index (χ4v) is 1.81. The van der Waals surface area contributed by atoms with Gasteiger partial charge in [0, 0.05) is 18.0 Å². The van der Waals surface area contributed by atoms with Crippen LogP contribution in [0.2, 0.25) is 0 Å². The van der Waals surface area contributed by atoms with Crippen LogP contribution in [0.3, 0.4) is 0 Å². The van der Waals surface area contributed by atoms with Crippen molar-refractivity contribution >= 4 is 27.9 Å². The van der Waals surface area contributed by atoms with E-state index in [-0.39, 0.29) is 11.3 Å². The summed E-state index contributed by atoms with van der Waals surface area (Å²) >= 11 is 3.20. The summed E-state index contributed by atoms with van der Waals surface area (Å²) in [4.78, 5) is 11.5. The summed E-state index contributed by atoms with van der Waals surface area (Å²) in [5, 5.41) is 2.84. The molecule has 4 nitrogen and oxygen atoms in total. The van der Waals surface area contributed by atoms with E-state index in [1.807, 2.05) is 0 Å². The summed E-state index contributed by atoms with van der Waals surface area (Å²) in [5.41, 5.74) is 0.0945. The molecule has 2 heterocycles. The van der Waals surface area contributed by atoms with Gasteiger partial charge >= 0.3 is 0 Å². The lowest BCUT2D eigenvalue weighted by atomic mass is 9.89. The van der Waals surface area contributed by atoms with Crippen molar-refractivity contribution in [2.75, 3.05) is 19.8 Å². The maximum absolute atomic E-state index is 11.5. The predicted molar refractivity (Wildman–Crippen MR) is 67.4 cm³/mol. The molecule has 0 aromatic carbocycles. The van der Waals surface area contributed by atoms with Crippen LogP contribution in [0.25, 0.3) is 6.08 Å². The molecule has 1 fully saturated rings. The predicted octanol–water partition coefficient (Wildman–Crippen LogP) is 2.21. The molecule has 1 aliphatic rings. The van der Waals surface area contributed by atoms with Crippen LogP contribution in [0.1, 0.15) is 12.7 Å². The van der Waals surface area contributed by atoms with Crippen LogP contribution in [0, 0.1) is 5.41 Å². The fourth-order valence-electron chi connectivity index (χ4n) is 1.49. The fraction of sp³-hybridized carbons (Fsp3) is 0.417. The van der Waals surface area contributed by atoms with Gasteiger partial charge in [-0.2, -0.15) is 0 Å². The highest BCUT2D eigenvalue weighted by molar-refractivity contribution is 9.10. The van der Waals surface area contributed by atoms with Gasteiger partial charge in [0.15, 0.2) is 4.67 Å². The molecule has 1 aromatic heterocycles. The molecule has 0 radical (unpaired) electrons. The molecule has 17 heavy (non-hydrogen) atoms. The molecule has 0 saturated carbocycles. The Bertz CT molecular complexity index is 435. The van der Waals surface area contributed by atoms with Gasteiger partial charge in [-0.15, -0.1) is 0 Å². The van der Waals surface area contributed by atoms with E-state index < -0.39 is 0 Å². The van der Waals surface area contributed by atoms with Gasteiger partial charge in [-0.25, -0.2) is 0 Å². The van der Waals surface area contributed by atoms with Crippen LogP contribution in [-0.4, -0.2) is 25.7 Å². The molecule has 1 aromatic rings. The van der Waals surface area contributed by atoms with Crippen molar-refractivity contribution in [2.24, 2.45) is 5.41 Å². The van der Waals surface area contributed by atoms with E-state index in [0.29, 0.717) is 30.2 Å². The summed E-state index contributed by atoms with van der Waals surface area (Å²) in [6, 6.07) is 3.57. The van der Waals surface area contributed by atoms with Gasteiger partial charge < -0.3 is 14.5 Å². The summed E-state index contributed by atoms with van der Waals surface area (Å²) < 4.78 is 11.0. The number of ether oxygens (including phenoxy) is 1. The Labute approximate surface area is 108 Å². The van der Waals surface area contributed by atoms with Crippen molar-refractivity contribution < 1.29 is 13.9 Å². The number of hydrogen-bond donors (Lipinski definition) is 1. The van der Waals surface area contributed by atoms with Crippen molar-refractivity contribution in [1.82, 2.24) is 5.32 Å². The first-order valence-corrected chi connectivity index (χ1v) is 6.16. The van der Waals surface area contributed by atoms with Crippen LogP contribution in [0.5, 0.6) is 0 Å². The molecule has 0 aliphatic carbocycles. The van der Waals surface area contributed by atoms with E-state index in [0.717, 1.165) is 0 Å². The quantitative estimate of drug-likeness (QED) is 0.867. The number of furan rings is 1. The summed E-state index contributed by atoms with van der Waals surface area (Å²) in [5.74, 6) is 0.524. The van der Waals surface area contributed by atoms with Crippen LogP contribution in [0.4, 0.5) is 0 Å². The van der Waals surface area contributed by atoms with Crippen molar-refractivity contribution in [3.63, 3.8) is 0 Å². The van der Waals surface area contributed by atoms with Gasteiger partial charge in [-0.05, 0) is 34.1 Å². The zero-order chi connectivity index (χ0) is 12.3. The molecule has 1 amide bonds. The maximum Gasteiger partial charge on any atom is 0.244 e. The van der Waals surface area contributed by atoms with Gasteiger partial charge in [0.2, 0.25) is 5.91 Å². The van der Waals surface area contributed by atoms with Crippen LogP contribution in [-0.2, 0) is 9.53 Å². The minimum atomic E-state index is -0.120. The summed E-state index contributed by atoms with van der Waals surface area (Å²) in [7, 11) is 0. The Balaban J connectivity index is 1.79. The van der Waals surface area contributed by atoms with Gasteiger partial charge in [0.1, 0.15) is 5.76 Å². The van der Waals surface area contributed by atoms with Crippen molar-refractivity contribution in [3.8, 4) is 0 Å². The summed E-state index contributed by atoms with van der Waals surface area (Å²) in [6.07, 6.45) is 3.11. The second-order valence-electron chi connectivity index (χ2n) is 4.50. The molecule has 2 rings (SSSR count). The van der Waals surface area contributed by atoms with Gasteiger partial charge in [0.05, 0.1) is 13.2 Å². The van der Waals surface area contributed by atoms with Gasteiger partial charge in [-0.1, -0.05) is 6.92 Å². The number of nitrogens with one attached hydrogen (secondary N) is 1. The van der Waals surface area contributed by atoms with E-state index in [1.165, 1.54) is 6.08 Å². The molecule has 5 heteroatoms. The SMILES string of the molecule is CC1(CNC(=O)C=Cc2ccc(Br)o2)COC1. The lowest BCUT2D eigenvalue weighted by molar-refractivity contribution is -0.122. The molecular weight excluding hydrogens is 286 g/mol. The third-order valence-electron chi connectivity index (χ3n) is 2.58. The van der Waals surface area contributed by atoms with E-state index in [1.54, 1.807) is 18.2 Å². The van der Waals surface area contributed by atoms with Gasteiger partial charge in [-0.3, -0.25) is 4.79 Å². The lowest BCUT2D eigenvalue weighted by Gasteiger charge is -2.37. The minimum Gasteiger partial charge on any atom is -0.450 e. The van der Waals surface area contributed by atoms with Crippen molar-refractivity contribution in [2.45, 2.75) is 6.92 Å². The summed E-state index contributed by atoms with van der Waals surface area (Å²) in [6.45, 7) is 4.15. The number of hydrogen-bond acceptors (Lipinski definition) is 3. The van der Waals surface area contributed by atoms with E-state index in [9.17, 15) is 4.79 Å². The van der Waals surface area contributed by atoms with Gasteiger partial charge in [0.25, 0.3) is 0 Å². The molecule has 1 saturated heterocycles. The Hall–Kier alpha value is -1.07. The average molecular weight is 300 g/mol. The number of carbonyl (C=O) groups is 1. The second-order valence-corrected chi connectivity index (χ2v) is 5.28. The average Bonchev–Trinajstić information content (AvgIpc) is 2.67. The van der Waals surface area contributed by atoms with Crippen LogP contribution < -0.4 is 5.32 Å². The molecule has 0 spiro atoms. The smallest absolute Gasteiger partial charge is 0.244 e. The van der Waals surface area contributed by atoms with Crippen LogP contribution in [0.15, 0.2) is 27.3 Å². The largest absolute Gasteiger partial charge is 0.450 e. The third kappa shape index (κ3) is 3.44. The zero-order valence-corrected chi connectivity index (χ0v) is 11.1. The highest BCUT2D eigenvalue weighted by Gasteiger charge is 2.33. The van der Waals surface area contributed by atoms with E-state index in [4.69, 9.17) is 9.15 Å². The molecule has 92 valence electrons. The first-order valence-electron chi connectivity index (χ1n) is 5.36. The highest BCUT2D eigenvalue weighted by atomic mass is 79.9. The Morgan fingerprint density at radius 1 is 1.59 bits per heavy atom. The molecule has 0 unspecified atom stereocenters. The molecule has 1 N–H and O–H groups in total. The number of halogens is 1.